The Labute approximate surface area is 136 Å². The summed E-state index contributed by atoms with van der Waals surface area (Å²) in [4.78, 5) is 24.8. The van der Waals surface area contributed by atoms with Gasteiger partial charge in [-0.15, -0.1) is 0 Å². The number of rotatable bonds is 5. The molecule has 5 nitrogen and oxygen atoms in total. The number of quaternary nitrogens is 1. The van der Waals surface area contributed by atoms with E-state index < -0.39 is 11.6 Å². The maximum Gasteiger partial charge on any atom is 0.322 e. The van der Waals surface area contributed by atoms with E-state index in [1.54, 1.807) is 18.2 Å². The van der Waals surface area contributed by atoms with E-state index in [1.165, 1.54) is 6.07 Å². The average molecular weight is 322 g/mol. The van der Waals surface area contributed by atoms with Gasteiger partial charge in [-0.2, -0.15) is 0 Å². The molecule has 0 aromatic heterocycles. The van der Waals surface area contributed by atoms with Crippen LogP contribution in [-0.2, 0) is 11.3 Å². The molecule has 2 rings (SSSR count). The van der Waals surface area contributed by atoms with E-state index in [-0.39, 0.29) is 18.3 Å². The van der Waals surface area contributed by atoms with Crippen molar-refractivity contribution in [3.05, 3.63) is 35.6 Å². The lowest BCUT2D eigenvalue weighted by molar-refractivity contribution is -0.917. The second-order valence-electron chi connectivity index (χ2n) is 7.13. The quantitative estimate of drug-likeness (QED) is 0.757. The standard InChI is InChI=1S/C17H24FN3O2/c1-17(2,3)20-16(23)19-15(22)11-21(13-8-9-13)10-12-6-4-5-7-14(12)18/h4-7,13H,8-11H2,1-3H3,(H2,19,20,22,23)/p+1. The molecule has 0 radical (unpaired) electrons. The van der Waals surface area contributed by atoms with Crippen LogP contribution in [-0.4, -0.2) is 30.1 Å². The van der Waals surface area contributed by atoms with Crippen LogP contribution < -0.4 is 15.5 Å². The number of hydrogen-bond acceptors (Lipinski definition) is 2. The van der Waals surface area contributed by atoms with Gasteiger partial charge in [0.05, 0.1) is 6.04 Å². The van der Waals surface area contributed by atoms with E-state index in [9.17, 15) is 14.0 Å². The molecule has 1 aliphatic rings. The number of amides is 3. The summed E-state index contributed by atoms with van der Waals surface area (Å²) in [6.07, 6.45) is 2.07. The summed E-state index contributed by atoms with van der Waals surface area (Å²) in [7, 11) is 0. The lowest BCUT2D eigenvalue weighted by atomic mass is 10.1. The van der Waals surface area contributed by atoms with Crippen molar-refractivity contribution in [3.8, 4) is 0 Å². The van der Waals surface area contributed by atoms with Crippen LogP contribution in [0.3, 0.4) is 0 Å². The number of nitrogens with one attached hydrogen (secondary N) is 3. The van der Waals surface area contributed by atoms with E-state index in [0.29, 0.717) is 18.2 Å². The molecule has 126 valence electrons. The Morgan fingerprint density at radius 2 is 1.91 bits per heavy atom. The largest absolute Gasteiger partial charge is 0.333 e. The van der Waals surface area contributed by atoms with Gasteiger partial charge in [-0.25, -0.2) is 9.18 Å². The van der Waals surface area contributed by atoms with E-state index in [4.69, 9.17) is 0 Å². The predicted molar refractivity (Wildman–Crippen MR) is 85.4 cm³/mol. The Morgan fingerprint density at radius 3 is 2.48 bits per heavy atom. The molecular weight excluding hydrogens is 297 g/mol. The summed E-state index contributed by atoms with van der Waals surface area (Å²) in [5, 5.41) is 5.03. The summed E-state index contributed by atoms with van der Waals surface area (Å²) < 4.78 is 13.8. The Morgan fingerprint density at radius 1 is 1.26 bits per heavy atom. The minimum atomic E-state index is -0.497. The fraction of sp³-hybridized carbons (Fsp3) is 0.529. The molecule has 0 spiro atoms. The fourth-order valence-corrected chi connectivity index (χ4v) is 2.48. The first kappa shape index (κ1) is 17.4. The summed E-state index contributed by atoms with van der Waals surface area (Å²) in [5.74, 6) is -0.596. The summed E-state index contributed by atoms with van der Waals surface area (Å²) in [6.45, 7) is 6.15. The van der Waals surface area contributed by atoms with Gasteiger partial charge in [0.2, 0.25) is 0 Å². The third-order valence-electron chi connectivity index (χ3n) is 3.66. The van der Waals surface area contributed by atoms with Gasteiger partial charge in [0.1, 0.15) is 12.4 Å². The molecule has 0 heterocycles. The smallest absolute Gasteiger partial charge is 0.322 e. The van der Waals surface area contributed by atoms with Crippen molar-refractivity contribution in [3.63, 3.8) is 0 Å². The molecule has 0 saturated heterocycles. The van der Waals surface area contributed by atoms with E-state index in [1.807, 2.05) is 20.8 Å². The summed E-state index contributed by atoms with van der Waals surface area (Å²) >= 11 is 0. The molecule has 1 aromatic rings. The molecule has 1 saturated carbocycles. The molecule has 1 atom stereocenters. The summed E-state index contributed by atoms with van der Waals surface area (Å²) in [5.41, 5.74) is 0.196. The van der Waals surface area contributed by atoms with Crippen LogP contribution in [0.25, 0.3) is 0 Å². The van der Waals surface area contributed by atoms with Gasteiger partial charge in [0.25, 0.3) is 5.91 Å². The van der Waals surface area contributed by atoms with Crippen molar-refractivity contribution in [2.24, 2.45) is 0 Å². The Kier molecular flexibility index (Phi) is 5.36. The monoisotopic (exact) mass is 322 g/mol. The summed E-state index contributed by atoms with van der Waals surface area (Å²) in [6, 6.07) is 6.48. The lowest BCUT2D eigenvalue weighted by Crippen LogP contribution is -3.13. The molecule has 0 bridgehead atoms. The molecule has 1 aromatic carbocycles. The number of imide groups is 1. The van der Waals surface area contributed by atoms with Gasteiger partial charge in [0, 0.05) is 23.9 Å². The van der Waals surface area contributed by atoms with Gasteiger partial charge < -0.3 is 10.2 Å². The second-order valence-corrected chi connectivity index (χ2v) is 7.13. The van der Waals surface area contributed by atoms with Crippen molar-refractivity contribution in [2.45, 2.75) is 51.7 Å². The first-order valence-electron chi connectivity index (χ1n) is 7.94. The zero-order valence-corrected chi connectivity index (χ0v) is 13.9. The van der Waals surface area contributed by atoms with Gasteiger partial charge in [-0.05, 0) is 26.8 Å². The average Bonchev–Trinajstić information content (AvgIpc) is 3.22. The third kappa shape index (κ3) is 5.98. The second kappa shape index (κ2) is 7.08. The maximum atomic E-state index is 13.8. The first-order valence-corrected chi connectivity index (χ1v) is 7.94. The molecule has 6 heteroatoms. The van der Waals surface area contributed by atoms with Crippen molar-refractivity contribution >= 4 is 11.9 Å². The molecule has 0 aliphatic heterocycles. The van der Waals surface area contributed by atoms with Crippen molar-refractivity contribution in [2.75, 3.05) is 6.54 Å². The number of carbonyl (C=O) groups is 2. The van der Waals surface area contributed by atoms with E-state index >= 15 is 0 Å². The van der Waals surface area contributed by atoms with Crippen molar-refractivity contribution in [1.29, 1.82) is 0 Å². The molecule has 3 amide bonds. The zero-order chi connectivity index (χ0) is 17.0. The molecule has 23 heavy (non-hydrogen) atoms. The van der Waals surface area contributed by atoms with Crippen LogP contribution in [0, 0.1) is 5.82 Å². The maximum absolute atomic E-state index is 13.8. The first-order chi connectivity index (χ1) is 10.7. The van der Waals surface area contributed by atoms with Crippen LogP contribution in [0.5, 0.6) is 0 Å². The minimum absolute atomic E-state index is 0.163. The number of carbonyl (C=O) groups excluding carboxylic acids is 2. The topological polar surface area (TPSA) is 62.6 Å². The predicted octanol–water partition coefficient (Wildman–Crippen LogP) is 0.997. The highest BCUT2D eigenvalue weighted by molar-refractivity contribution is 5.94. The molecule has 1 unspecified atom stereocenters. The Hall–Kier alpha value is -1.95. The van der Waals surface area contributed by atoms with Gasteiger partial charge in [-0.1, -0.05) is 18.2 Å². The third-order valence-corrected chi connectivity index (χ3v) is 3.66. The van der Waals surface area contributed by atoms with E-state index in [2.05, 4.69) is 10.6 Å². The van der Waals surface area contributed by atoms with Crippen molar-refractivity contribution < 1.29 is 18.9 Å². The number of urea groups is 1. The highest BCUT2D eigenvalue weighted by Crippen LogP contribution is 2.16. The molecular formula is C17H25FN3O2+. The van der Waals surface area contributed by atoms with Crippen LogP contribution in [0.2, 0.25) is 0 Å². The van der Waals surface area contributed by atoms with Gasteiger partial charge in [-0.3, -0.25) is 10.1 Å². The minimum Gasteiger partial charge on any atom is -0.333 e. The molecule has 1 fully saturated rings. The highest BCUT2D eigenvalue weighted by atomic mass is 19.1. The lowest BCUT2D eigenvalue weighted by Gasteiger charge is -2.22. The molecule has 1 aliphatic carbocycles. The van der Waals surface area contributed by atoms with Crippen LogP contribution >= 0.6 is 0 Å². The normalized spacial score (nSPS) is 15.8. The number of hydrogen-bond donors (Lipinski definition) is 3. The Bertz CT molecular complexity index is 579. The van der Waals surface area contributed by atoms with E-state index in [0.717, 1.165) is 17.7 Å². The van der Waals surface area contributed by atoms with Crippen LogP contribution in [0.1, 0.15) is 39.2 Å². The van der Waals surface area contributed by atoms with Crippen LogP contribution in [0.4, 0.5) is 9.18 Å². The SMILES string of the molecule is CC(C)(C)NC(=O)NC(=O)C[NH+](Cc1ccccc1F)C1CC1. The molecule has 3 N–H and O–H groups in total. The Balaban J connectivity index is 1.91. The van der Waals surface area contributed by atoms with Crippen molar-refractivity contribution in [1.82, 2.24) is 10.6 Å². The fourth-order valence-electron chi connectivity index (χ4n) is 2.48. The number of halogens is 1. The van der Waals surface area contributed by atoms with Crippen LogP contribution in [0.15, 0.2) is 24.3 Å². The zero-order valence-electron chi connectivity index (χ0n) is 13.9. The highest BCUT2D eigenvalue weighted by Gasteiger charge is 2.35. The van der Waals surface area contributed by atoms with Gasteiger partial charge >= 0.3 is 6.03 Å². The van der Waals surface area contributed by atoms with Gasteiger partial charge in [0.15, 0.2) is 6.54 Å². The number of benzene rings is 1.